The molecule has 1 unspecified atom stereocenters. The van der Waals surface area contributed by atoms with Crippen molar-refractivity contribution in [1.82, 2.24) is 4.90 Å². The SMILES string of the molecule is C[C@H](CS)C(=O)N1CCCC1C(=O)O.Cl. The van der Waals surface area contributed by atoms with Gasteiger partial charge in [-0.05, 0) is 12.8 Å². The first-order chi connectivity index (χ1) is 6.57. The van der Waals surface area contributed by atoms with Crippen LogP contribution in [0.4, 0.5) is 0 Å². The predicted molar refractivity (Wildman–Crippen MR) is 62.6 cm³/mol. The minimum Gasteiger partial charge on any atom is -0.480 e. The summed E-state index contributed by atoms with van der Waals surface area (Å²) in [6.45, 7) is 2.33. The zero-order valence-corrected chi connectivity index (χ0v) is 10.3. The Kier molecular flexibility index (Phi) is 6.05. The first-order valence-electron chi connectivity index (χ1n) is 4.72. The van der Waals surface area contributed by atoms with Gasteiger partial charge < -0.3 is 10.0 Å². The molecule has 15 heavy (non-hydrogen) atoms. The lowest BCUT2D eigenvalue weighted by Gasteiger charge is -2.24. The molecule has 2 atom stereocenters. The standard InChI is InChI=1S/C9H15NO3S.ClH/c1-6(5-14)8(11)10-4-2-3-7(10)9(12)13;/h6-7,14H,2-5H2,1H3,(H,12,13);1H/t6-,7?;/m1./s1. The molecule has 1 amide bonds. The summed E-state index contributed by atoms with van der Waals surface area (Å²) >= 11 is 4.03. The summed E-state index contributed by atoms with van der Waals surface area (Å²) in [6, 6.07) is -0.621. The third kappa shape index (κ3) is 3.28. The third-order valence-corrected chi connectivity index (χ3v) is 3.06. The van der Waals surface area contributed by atoms with E-state index in [0.717, 1.165) is 6.42 Å². The number of carbonyl (C=O) groups excluding carboxylic acids is 1. The molecule has 0 saturated carbocycles. The number of hydrogen-bond donors (Lipinski definition) is 2. The van der Waals surface area contributed by atoms with Crippen molar-refractivity contribution in [2.45, 2.75) is 25.8 Å². The minimum absolute atomic E-state index is 0. The molecule has 1 saturated heterocycles. The highest BCUT2D eigenvalue weighted by Crippen LogP contribution is 2.20. The molecule has 0 bridgehead atoms. The number of carbonyl (C=O) groups is 2. The zero-order valence-electron chi connectivity index (χ0n) is 8.55. The van der Waals surface area contributed by atoms with Crippen LogP contribution in [0.1, 0.15) is 19.8 Å². The Morgan fingerprint density at radius 2 is 2.20 bits per heavy atom. The van der Waals surface area contributed by atoms with E-state index in [1.54, 1.807) is 6.92 Å². The van der Waals surface area contributed by atoms with Crippen molar-refractivity contribution in [2.24, 2.45) is 5.92 Å². The van der Waals surface area contributed by atoms with Crippen LogP contribution in [-0.2, 0) is 9.59 Å². The van der Waals surface area contributed by atoms with Crippen LogP contribution >= 0.6 is 25.0 Å². The molecule has 0 aromatic heterocycles. The average Bonchev–Trinajstić information content (AvgIpc) is 2.63. The molecule has 0 spiro atoms. The van der Waals surface area contributed by atoms with Gasteiger partial charge in [0.2, 0.25) is 5.91 Å². The van der Waals surface area contributed by atoms with Crippen LogP contribution in [0.5, 0.6) is 0 Å². The minimum atomic E-state index is -0.901. The Morgan fingerprint density at radius 1 is 1.60 bits per heavy atom. The molecule has 6 heteroatoms. The van der Waals surface area contributed by atoms with Gasteiger partial charge in [-0.1, -0.05) is 6.92 Å². The normalized spacial score (nSPS) is 22.0. The number of carboxylic acid groups (broad SMARTS) is 1. The molecule has 0 aromatic carbocycles. The molecule has 1 heterocycles. The topological polar surface area (TPSA) is 57.6 Å². The second kappa shape index (κ2) is 6.23. The molecule has 1 fully saturated rings. The number of aliphatic carboxylic acids is 1. The molecule has 4 nitrogen and oxygen atoms in total. The van der Waals surface area contributed by atoms with Gasteiger partial charge in [-0.25, -0.2) is 4.79 Å². The molecular weight excluding hydrogens is 238 g/mol. The molecule has 0 aromatic rings. The summed E-state index contributed by atoms with van der Waals surface area (Å²) < 4.78 is 0. The largest absolute Gasteiger partial charge is 0.480 e. The average molecular weight is 254 g/mol. The van der Waals surface area contributed by atoms with Gasteiger partial charge in [0, 0.05) is 18.2 Å². The molecule has 0 aliphatic carbocycles. The van der Waals surface area contributed by atoms with Gasteiger partial charge in [0.1, 0.15) is 6.04 Å². The van der Waals surface area contributed by atoms with Crippen molar-refractivity contribution in [3.63, 3.8) is 0 Å². The molecule has 1 aliphatic heterocycles. The van der Waals surface area contributed by atoms with E-state index in [-0.39, 0.29) is 24.2 Å². The number of thiol groups is 1. The predicted octanol–water partition coefficient (Wildman–Crippen LogP) is 1.05. The Morgan fingerprint density at radius 3 is 2.67 bits per heavy atom. The molecule has 0 radical (unpaired) electrons. The molecular formula is C9H16ClNO3S. The van der Waals surface area contributed by atoms with Crippen LogP contribution < -0.4 is 0 Å². The van der Waals surface area contributed by atoms with E-state index < -0.39 is 12.0 Å². The molecule has 1 N–H and O–H groups in total. The van der Waals surface area contributed by atoms with Crippen molar-refractivity contribution in [3.05, 3.63) is 0 Å². The van der Waals surface area contributed by atoms with Crippen LogP contribution in [0.2, 0.25) is 0 Å². The number of halogens is 1. The van der Waals surface area contributed by atoms with Gasteiger partial charge in [-0.2, -0.15) is 12.6 Å². The van der Waals surface area contributed by atoms with Crippen LogP contribution in [0.25, 0.3) is 0 Å². The number of hydrogen-bond acceptors (Lipinski definition) is 3. The second-order valence-corrected chi connectivity index (χ2v) is 3.98. The monoisotopic (exact) mass is 253 g/mol. The smallest absolute Gasteiger partial charge is 0.326 e. The highest BCUT2D eigenvalue weighted by atomic mass is 35.5. The molecule has 1 rings (SSSR count). The number of nitrogens with zero attached hydrogens (tertiary/aromatic N) is 1. The summed E-state index contributed by atoms with van der Waals surface area (Å²) in [4.78, 5) is 24.0. The maximum Gasteiger partial charge on any atom is 0.326 e. The van der Waals surface area contributed by atoms with Crippen LogP contribution in [0.15, 0.2) is 0 Å². The number of likely N-dealkylation sites (tertiary alicyclic amines) is 1. The summed E-state index contributed by atoms with van der Waals surface area (Å²) in [5.74, 6) is -0.729. The maximum absolute atomic E-state index is 11.7. The molecule has 88 valence electrons. The van der Waals surface area contributed by atoms with Crippen LogP contribution in [-0.4, -0.2) is 40.2 Å². The number of amides is 1. The Bertz CT molecular complexity index is 250. The second-order valence-electron chi connectivity index (χ2n) is 3.61. The lowest BCUT2D eigenvalue weighted by atomic mass is 10.1. The van der Waals surface area contributed by atoms with Crippen molar-refractivity contribution >= 4 is 36.9 Å². The van der Waals surface area contributed by atoms with Crippen LogP contribution in [0.3, 0.4) is 0 Å². The van der Waals surface area contributed by atoms with Gasteiger partial charge in [-0.15, -0.1) is 12.4 Å². The van der Waals surface area contributed by atoms with Gasteiger partial charge in [0.25, 0.3) is 0 Å². The third-order valence-electron chi connectivity index (χ3n) is 2.52. The van der Waals surface area contributed by atoms with E-state index in [9.17, 15) is 9.59 Å². The Balaban J connectivity index is 0.00000196. The summed E-state index contributed by atoms with van der Waals surface area (Å²) in [7, 11) is 0. The summed E-state index contributed by atoms with van der Waals surface area (Å²) in [5.41, 5.74) is 0. The number of rotatable bonds is 3. The van der Waals surface area contributed by atoms with E-state index >= 15 is 0 Å². The van der Waals surface area contributed by atoms with E-state index in [1.165, 1.54) is 4.90 Å². The van der Waals surface area contributed by atoms with Crippen molar-refractivity contribution in [1.29, 1.82) is 0 Å². The fourth-order valence-corrected chi connectivity index (χ4v) is 1.80. The lowest BCUT2D eigenvalue weighted by Crippen LogP contribution is -2.43. The summed E-state index contributed by atoms with van der Waals surface area (Å²) in [6.07, 6.45) is 1.35. The highest BCUT2D eigenvalue weighted by Gasteiger charge is 2.35. The van der Waals surface area contributed by atoms with Gasteiger partial charge in [0.05, 0.1) is 0 Å². The number of carboxylic acids is 1. The van der Waals surface area contributed by atoms with Gasteiger partial charge >= 0.3 is 5.97 Å². The fourth-order valence-electron chi connectivity index (χ4n) is 1.65. The van der Waals surface area contributed by atoms with E-state index in [0.29, 0.717) is 18.7 Å². The molecule has 1 aliphatic rings. The van der Waals surface area contributed by atoms with Crippen molar-refractivity contribution < 1.29 is 14.7 Å². The quantitative estimate of drug-likeness (QED) is 0.740. The van der Waals surface area contributed by atoms with Crippen molar-refractivity contribution in [2.75, 3.05) is 12.3 Å². The zero-order chi connectivity index (χ0) is 10.7. The van der Waals surface area contributed by atoms with Crippen LogP contribution in [0, 0.1) is 5.92 Å². The maximum atomic E-state index is 11.7. The van der Waals surface area contributed by atoms with E-state index in [1.807, 2.05) is 0 Å². The van der Waals surface area contributed by atoms with Crippen molar-refractivity contribution in [3.8, 4) is 0 Å². The first kappa shape index (κ1) is 14.6. The van der Waals surface area contributed by atoms with E-state index in [2.05, 4.69) is 12.6 Å². The summed E-state index contributed by atoms with van der Waals surface area (Å²) in [5, 5.41) is 8.87. The fraction of sp³-hybridized carbons (Fsp3) is 0.778. The first-order valence-corrected chi connectivity index (χ1v) is 5.35. The lowest BCUT2D eigenvalue weighted by molar-refractivity contribution is -0.149. The van der Waals surface area contributed by atoms with Gasteiger partial charge in [0.15, 0.2) is 0 Å². The highest BCUT2D eigenvalue weighted by molar-refractivity contribution is 7.80. The Labute approximate surface area is 101 Å². The van der Waals surface area contributed by atoms with E-state index in [4.69, 9.17) is 5.11 Å². The van der Waals surface area contributed by atoms with Gasteiger partial charge in [-0.3, -0.25) is 4.79 Å². The Hall–Kier alpha value is -0.420.